The summed E-state index contributed by atoms with van der Waals surface area (Å²) in [7, 11) is 0. The van der Waals surface area contributed by atoms with Crippen molar-refractivity contribution in [1.29, 1.82) is 0 Å². The molecule has 0 aliphatic heterocycles. The minimum Gasteiger partial charge on any atom is -0.324 e. The molecule has 0 bridgehead atoms. The normalized spacial score (nSPS) is 13.7. The zero-order valence-corrected chi connectivity index (χ0v) is 6.67. The van der Waals surface area contributed by atoms with Crippen molar-refractivity contribution in [2.75, 3.05) is 0 Å². The van der Waals surface area contributed by atoms with Crippen molar-refractivity contribution in [2.24, 2.45) is 5.73 Å². The first-order valence-corrected chi connectivity index (χ1v) is 3.90. The number of thiophene rings is 1. The van der Waals surface area contributed by atoms with Crippen LogP contribution in [-0.4, -0.2) is 0 Å². The Morgan fingerprint density at radius 2 is 2.33 bits per heavy atom. The van der Waals surface area contributed by atoms with Gasteiger partial charge in [-0.15, -0.1) is 11.3 Å². The van der Waals surface area contributed by atoms with Crippen molar-refractivity contribution in [3.63, 3.8) is 0 Å². The molecule has 0 saturated heterocycles. The maximum Gasteiger partial charge on any atom is 0.0931 e. The van der Waals surface area contributed by atoms with Crippen molar-refractivity contribution in [3.8, 4) is 0 Å². The van der Waals surface area contributed by atoms with Crippen molar-refractivity contribution < 1.29 is 0 Å². The summed E-state index contributed by atoms with van der Waals surface area (Å²) in [5, 5.41) is 0. The topological polar surface area (TPSA) is 26.0 Å². The molecule has 1 nitrogen and oxygen atoms in total. The van der Waals surface area contributed by atoms with E-state index >= 15 is 0 Å². The van der Waals surface area contributed by atoms with E-state index in [1.54, 1.807) is 0 Å². The van der Waals surface area contributed by atoms with Crippen LogP contribution in [0.5, 0.6) is 0 Å². The van der Waals surface area contributed by atoms with Gasteiger partial charge in [0.05, 0.1) is 4.34 Å². The SMILES string of the molecule is CC(N)c1ccc(Cl)s1. The Morgan fingerprint density at radius 3 is 2.56 bits per heavy atom. The summed E-state index contributed by atoms with van der Waals surface area (Å²) in [6.07, 6.45) is 0. The van der Waals surface area contributed by atoms with E-state index in [2.05, 4.69) is 0 Å². The van der Waals surface area contributed by atoms with E-state index in [0.29, 0.717) is 0 Å². The Kier molecular flexibility index (Phi) is 2.11. The molecule has 1 rings (SSSR count). The predicted molar refractivity (Wildman–Crippen MR) is 41.9 cm³/mol. The van der Waals surface area contributed by atoms with Crippen molar-refractivity contribution >= 4 is 22.9 Å². The van der Waals surface area contributed by atoms with Gasteiger partial charge in [0, 0.05) is 10.9 Å². The first-order valence-electron chi connectivity index (χ1n) is 2.71. The van der Waals surface area contributed by atoms with Gasteiger partial charge in [-0.1, -0.05) is 11.6 Å². The number of rotatable bonds is 1. The molecular weight excluding hydrogens is 154 g/mol. The van der Waals surface area contributed by atoms with Gasteiger partial charge in [-0.2, -0.15) is 0 Å². The van der Waals surface area contributed by atoms with Crippen LogP contribution in [0.25, 0.3) is 0 Å². The van der Waals surface area contributed by atoms with Crippen molar-refractivity contribution in [3.05, 3.63) is 21.3 Å². The smallest absolute Gasteiger partial charge is 0.0931 e. The Balaban J connectivity index is 2.85. The molecule has 0 aromatic carbocycles. The third-order valence-electron chi connectivity index (χ3n) is 1.04. The number of halogens is 1. The molecule has 1 heterocycles. The first kappa shape index (κ1) is 7.06. The van der Waals surface area contributed by atoms with E-state index < -0.39 is 0 Å². The fraction of sp³-hybridized carbons (Fsp3) is 0.333. The lowest BCUT2D eigenvalue weighted by atomic mass is 10.3. The molecule has 50 valence electrons. The second kappa shape index (κ2) is 2.69. The molecule has 0 spiro atoms. The Labute approximate surface area is 63.4 Å². The first-order chi connectivity index (χ1) is 4.20. The Morgan fingerprint density at radius 1 is 1.67 bits per heavy atom. The van der Waals surface area contributed by atoms with E-state index in [1.807, 2.05) is 19.1 Å². The summed E-state index contributed by atoms with van der Waals surface area (Å²) in [5.41, 5.74) is 5.58. The molecule has 0 saturated carbocycles. The lowest BCUT2D eigenvalue weighted by molar-refractivity contribution is 0.838. The third kappa shape index (κ3) is 1.68. The fourth-order valence-corrected chi connectivity index (χ4v) is 1.59. The van der Waals surface area contributed by atoms with Crippen molar-refractivity contribution in [1.82, 2.24) is 0 Å². The molecule has 2 N–H and O–H groups in total. The standard InChI is InChI=1S/C6H8ClNS/c1-4(8)5-2-3-6(7)9-5/h2-4H,8H2,1H3. The van der Waals surface area contributed by atoms with Crippen LogP contribution < -0.4 is 5.73 Å². The zero-order chi connectivity index (χ0) is 6.85. The molecular formula is C6H8ClNS. The Bertz CT molecular complexity index is 195. The van der Waals surface area contributed by atoms with Crippen LogP contribution in [0.3, 0.4) is 0 Å². The van der Waals surface area contributed by atoms with Crippen molar-refractivity contribution in [2.45, 2.75) is 13.0 Å². The van der Waals surface area contributed by atoms with Crippen LogP contribution in [0.1, 0.15) is 17.8 Å². The predicted octanol–water partition coefficient (Wildman–Crippen LogP) is 2.42. The lowest BCUT2D eigenvalue weighted by Gasteiger charge is -1.96. The van der Waals surface area contributed by atoms with E-state index in [0.717, 1.165) is 9.21 Å². The number of hydrogen-bond acceptors (Lipinski definition) is 2. The second-order valence-electron chi connectivity index (χ2n) is 1.93. The minimum atomic E-state index is 0.113. The summed E-state index contributed by atoms with van der Waals surface area (Å²) in [5.74, 6) is 0. The quantitative estimate of drug-likeness (QED) is 0.673. The molecule has 1 atom stereocenters. The van der Waals surface area contributed by atoms with Gasteiger partial charge in [-0.25, -0.2) is 0 Å². The van der Waals surface area contributed by atoms with E-state index in [4.69, 9.17) is 17.3 Å². The molecule has 0 fully saturated rings. The molecule has 1 aromatic heterocycles. The second-order valence-corrected chi connectivity index (χ2v) is 3.68. The maximum atomic E-state index is 5.67. The van der Waals surface area contributed by atoms with E-state index in [9.17, 15) is 0 Å². The Hall–Kier alpha value is -0.0500. The van der Waals surface area contributed by atoms with Gasteiger partial charge in [0.15, 0.2) is 0 Å². The van der Waals surface area contributed by atoms with Gasteiger partial charge in [-0.3, -0.25) is 0 Å². The molecule has 0 aliphatic rings. The van der Waals surface area contributed by atoms with Gasteiger partial charge >= 0.3 is 0 Å². The highest BCUT2D eigenvalue weighted by Crippen LogP contribution is 2.24. The van der Waals surface area contributed by atoms with Gasteiger partial charge < -0.3 is 5.73 Å². The number of hydrogen-bond donors (Lipinski definition) is 1. The molecule has 1 aromatic rings. The molecule has 1 unspecified atom stereocenters. The van der Waals surface area contributed by atoms with Crippen LogP contribution in [-0.2, 0) is 0 Å². The molecule has 0 radical (unpaired) electrons. The highest BCUT2D eigenvalue weighted by Gasteiger charge is 2.00. The van der Waals surface area contributed by atoms with Gasteiger partial charge in [0.25, 0.3) is 0 Å². The highest BCUT2D eigenvalue weighted by atomic mass is 35.5. The van der Waals surface area contributed by atoms with Crippen LogP contribution in [0.2, 0.25) is 4.34 Å². The maximum absolute atomic E-state index is 5.67. The third-order valence-corrected chi connectivity index (χ3v) is 2.47. The summed E-state index contributed by atoms with van der Waals surface area (Å²) < 4.78 is 0.808. The molecule has 0 amide bonds. The summed E-state index contributed by atoms with van der Waals surface area (Å²) in [6.45, 7) is 1.95. The number of nitrogens with two attached hydrogens (primary N) is 1. The molecule has 3 heteroatoms. The summed E-state index contributed by atoms with van der Waals surface area (Å²) in [6, 6.07) is 3.94. The van der Waals surface area contributed by atoms with Crippen LogP contribution in [0.4, 0.5) is 0 Å². The van der Waals surface area contributed by atoms with E-state index in [1.165, 1.54) is 11.3 Å². The average Bonchev–Trinajstić information content (AvgIpc) is 2.14. The average molecular weight is 162 g/mol. The molecule has 9 heavy (non-hydrogen) atoms. The highest BCUT2D eigenvalue weighted by molar-refractivity contribution is 7.16. The van der Waals surface area contributed by atoms with Crippen LogP contribution in [0, 0.1) is 0 Å². The van der Waals surface area contributed by atoms with Crippen LogP contribution in [0.15, 0.2) is 12.1 Å². The van der Waals surface area contributed by atoms with Crippen LogP contribution >= 0.6 is 22.9 Å². The summed E-state index contributed by atoms with van der Waals surface area (Å²) in [4.78, 5) is 1.14. The lowest BCUT2D eigenvalue weighted by Crippen LogP contribution is -2.01. The van der Waals surface area contributed by atoms with Gasteiger partial charge in [0.2, 0.25) is 0 Å². The largest absolute Gasteiger partial charge is 0.324 e. The van der Waals surface area contributed by atoms with Gasteiger partial charge in [0.1, 0.15) is 0 Å². The molecule has 0 aliphatic carbocycles. The zero-order valence-electron chi connectivity index (χ0n) is 5.10. The minimum absolute atomic E-state index is 0.113. The van der Waals surface area contributed by atoms with E-state index in [-0.39, 0.29) is 6.04 Å². The monoisotopic (exact) mass is 161 g/mol. The van der Waals surface area contributed by atoms with Gasteiger partial charge in [-0.05, 0) is 19.1 Å². The summed E-state index contributed by atoms with van der Waals surface area (Å²) >= 11 is 7.20. The fourth-order valence-electron chi connectivity index (χ4n) is 0.573.